The standard InChI is InChI=1S/C13H15ClN2O2S2/c1-9-3-4-11(14)6-12(9)16-20(17,18)13-5-10(7-15-2)8-19-13/h3-6,8,15-16H,7H2,1-2H3. The average molecular weight is 331 g/mol. The SMILES string of the molecule is CNCc1csc(S(=O)(=O)Nc2cc(Cl)ccc2C)c1. The van der Waals surface area contributed by atoms with Crippen LogP contribution in [0.4, 0.5) is 5.69 Å². The zero-order valence-electron chi connectivity index (χ0n) is 11.1. The van der Waals surface area contributed by atoms with Gasteiger partial charge in [-0.15, -0.1) is 11.3 Å². The molecule has 0 saturated carbocycles. The zero-order chi connectivity index (χ0) is 14.8. The number of anilines is 1. The summed E-state index contributed by atoms with van der Waals surface area (Å²) in [7, 11) is -1.75. The van der Waals surface area contributed by atoms with Gasteiger partial charge < -0.3 is 5.32 Å². The van der Waals surface area contributed by atoms with Crippen molar-refractivity contribution in [2.45, 2.75) is 17.7 Å². The van der Waals surface area contributed by atoms with E-state index < -0.39 is 10.0 Å². The van der Waals surface area contributed by atoms with E-state index in [-0.39, 0.29) is 0 Å². The van der Waals surface area contributed by atoms with Crippen molar-refractivity contribution < 1.29 is 8.42 Å². The molecule has 4 nitrogen and oxygen atoms in total. The first-order valence-corrected chi connectivity index (χ1v) is 8.67. The number of sulfonamides is 1. The molecule has 0 unspecified atom stereocenters. The Morgan fingerprint density at radius 2 is 2.05 bits per heavy atom. The topological polar surface area (TPSA) is 58.2 Å². The molecule has 0 radical (unpaired) electrons. The van der Waals surface area contributed by atoms with Crippen molar-refractivity contribution in [1.29, 1.82) is 0 Å². The molecule has 2 N–H and O–H groups in total. The predicted octanol–water partition coefficient (Wildman–Crippen LogP) is 3.23. The van der Waals surface area contributed by atoms with Gasteiger partial charge >= 0.3 is 0 Å². The second-order valence-corrected chi connectivity index (χ2v) is 7.63. The van der Waals surface area contributed by atoms with Gasteiger partial charge in [0.05, 0.1) is 5.69 Å². The zero-order valence-corrected chi connectivity index (χ0v) is 13.5. The van der Waals surface area contributed by atoms with Gasteiger partial charge in [-0.05, 0) is 48.7 Å². The van der Waals surface area contributed by atoms with Crippen molar-refractivity contribution in [3.8, 4) is 0 Å². The lowest BCUT2D eigenvalue weighted by Crippen LogP contribution is -2.12. The van der Waals surface area contributed by atoms with E-state index in [0.29, 0.717) is 21.5 Å². The lowest BCUT2D eigenvalue weighted by molar-refractivity contribution is 0.603. The highest BCUT2D eigenvalue weighted by atomic mass is 35.5. The van der Waals surface area contributed by atoms with E-state index in [0.717, 1.165) is 11.1 Å². The van der Waals surface area contributed by atoms with Gasteiger partial charge in [-0.25, -0.2) is 8.42 Å². The highest BCUT2D eigenvalue weighted by Gasteiger charge is 2.17. The first-order valence-electron chi connectivity index (χ1n) is 5.93. The third-order valence-corrected chi connectivity index (χ3v) is 5.81. The molecule has 7 heteroatoms. The maximum Gasteiger partial charge on any atom is 0.271 e. The molecule has 108 valence electrons. The van der Waals surface area contributed by atoms with Crippen LogP contribution >= 0.6 is 22.9 Å². The molecule has 0 saturated heterocycles. The number of nitrogens with one attached hydrogen (secondary N) is 2. The molecule has 2 aromatic rings. The molecule has 0 amide bonds. The fourth-order valence-corrected chi connectivity index (χ4v) is 4.19. The number of aryl methyl sites for hydroxylation is 1. The quantitative estimate of drug-likeness (QED) is 0.885. The Labute approximate surface area is 127 Å². The molecule has 0 aliphatic carbocycles. The largest absolute Gasteiger partial charge is 0.316 e. The lowest BCUT2D eigenvalue weighted by Gasteiger charge is -2.09. The van der Waals surface area contributed by atoms with Crippen molar-refractivity contribution in [3.05, 3.63) is 45.8 Å². The minimum absolute atomic E-state index is 0.294. The highest BCUT2D eigenvalue weighted by Crippen LogP contribution is 2.26. The van der Waals surface area contributed by atoms with Crippen LogP contribution in [0.5, 0.6) is 0 Å². The van der Waals surface area contributed by atoms with Gasteiger partial charge in [0.25, 0.3) is 10.0 Å². The van der Waals surface area contributed by atoms with E-state index >= 15 is 0 Å². The molecule has 1 aromatic heterocycles. The molecule has 0 bridgehead atoms. The molecule has 20 heavy (non-hydrogen) atoms. The summed E-state index contributed by atoms with van der Waals surface area (Å²) < 4.78 is 27.5. The maximum atomic E-state index is 12.3. The number of hydrogen-bond donors (Lipinski definition) is 2. The van der Waals surface area contributed by atoms with Crippen LogP contribution < -0.4 is 10.0 Å². The van der Waals surface area contributed by atoms with Gasteiger partial charge in [-0.1, -0.05) is 17.7 Å². The molecule has 0 atom stereocenters. The number of hydrogen-bond acceptors (Lipinski definition) is 4. The van der Waals surface area contributed by atoms with Crippen LogP contribution in [0.2, 0.25) is 5.02 Å². The van der Waals surface area contributed by atoms with Crippen LogP contribution in [-0.2, 0) is 16.6 Å². The fourth-order valence-electron chi connectivity index (χ4n) is 1.69. The van der Waals surface area contributed by atoms with E-state index in [2.05, 4.69) is 10.0 Å². The molecule has 1 heterocycles. The molecule has 0 aliphatic rings. The van der Waals surface area contributed by atoms with Gasteiger partial charge in [0.2, 0.25) is 0 Å². The van der Waals surface area contributed by atoms with Crippen molar-refractivity contribution >= 4 is 38.6 Å². The molecule has 2 rings (SSSR count). The number of rotatable bonds is 5. The summed E-state index contributed by atoms with van der Waals surface area (Å²) in [6.07, 6.45) is 0. The van der Waals surface area contributed by atoms with Gasteiger partial charge in [-0.2, -0.15) is 0 Å². The normalized spacial score (nSPS) is 11.6. The molecular formula is C13H15ClN2O2S2. The van der Waals surface area contributed by atoms with Crippen LogP contribution in [0, 0.1) is 6.92 Å². The first kappa shape index (κ1) is 15.3. The third kappa shape index (κ3) is 3.52. The van der Waals surface area contributed by atoms with Crippen LogP contribution in [0.25, 0.3) is 0 Å². The Bertz CT molecular complexity index is 711. The summed E-state index contributed by atoms with van der Waals surface area (Å²) in [6, 6.07) is 6.78. The van der Waals surface area contributed by atoms with E-state index in [1.807, 2.05) is 19.4 Å². The maximum absolute atomic E-state index is 12.3. The van der Waals surface area contributed by atoms with E-state index in [4.69, 9.17) is 11.6 Å². The van der Waals surface area contributed by atoms with Crippen LogP contribution in [0.3, 0.4) is 0 Å². The summed E-state index contributed by atoms with van der Waals surface area (Å²) in [4.78, 5) is 0. The summed E-state index contributed by atoms with van der Waals surface area (Å²) >= 11 is 7.10. The minimum Gasteiger partial charge on any atom is -0.316 e. The third-order valence-electron chi connectivity index (χ3n) is 2.72. The van der Waals surface area contributed by atoms with Crippen molar-refractivity contribution in [1.82, 2.24) is 5.32 Å². The van der Waals surface area contributed by atoms with Gasteiger partial charge in [-0.3, -0.25) is 4.72 Å². The monoisotopic (exact) mass is 330 g/mol. The number of thiophene rings is 1. The number of halogens is 1. The Balaban J connectivity index is 2.28. The second-order valence-electron chi connectivity index (χ2n) is 4.37. The van der Waals surface area contributed by atoms with Gasteiger partial charge in [0.15, 0.2) is 0 Å². The van der Waals surface area contributed by atoms with Crippen molar-refractivity contribution in [2.24, 2.45) is 0 Å². The second kappa shape index (κ2) is 6.13. The molecular weight excluding hydrogens is 316 g/mol. The Kier molecular flexibility index (Phi) is 4.70. The average Bonchev–Trinajstić information content (AvgIpc) is 2.83. The van der Waals surface area contributed by atoms with Gasteiger partial charge in [0.1, 0.15) is 4.21 Å². The Hall–Kier alpha value is -1.08. The first-order chi connectivity index (χ1) is 9.42. The molecule has 0 aliphatic heterocycles. The minimum atomic E-state index is -3.57. The van der Waals surface area contributed by atoms with Crippen molar-refractivity contribution in [3.63, 3.8) is 0 Å². The van der Waals surface area contributed by atoms with Crippen molar-refractivity contribution in [2.75, 3.05) is 11.8 Å². The molecule has 0 spiro atoms. The summed E-state index contributed by atoms with van der Waals surface area (Å²) in [5.74, 6) is 0. The Morgan fingerprint density at radius 3 is 2.75 bits per heavy atom. The van der Waals surface area contributed by atoms with E-state index in [1.165, 1.54) is 11.3 Å². The lowest BCUT2D eigenvalue weighted by atomic mass is 10.2. The predicted molar refractivity (Wildman–Crippen MR) is 84.1 cm³/mol. The molecule has 1 aromatic carbocycles. The highest BCUT2D eigenvalue weighted by molar-refractivity contribution is 7.94. The number of benzene rings is 1. The summed E-state index contributed by atoms with van der Waals surface area (Å²) in [6.45, 7) is 2.47. The molecule has 0 fully saturated rings. The smallest absolute Gasteiger partial charge is 0.271 e. The summed E-state index contributed by atoms with van der Waals surface area (Å²) in [5, 5.41) is 5.31. The van der Waals surface area contributed by atoms with Crippen LogP contribution in [0.15, 0.2) is 33.9 Å². The van der Waals surface area contributed by atoms with Crippen LogP contribution in [0.1, 0.15) is 11.1 Å². The fraction of sp³-hybridized carbons (Fsp3) is 0.231. The summed E-state index contributed by atoms with van der Waals surface area (Å²) in [5.41, 5.74) is 2.27. The van der Waals surface area contributed by atoms with Crippen LogP contribution in [-0.4, -0.2) is 15.5 Å². The van der Waals surface area contributed by atoms with E-state index in [1.54, 1.807) is 24.3 Å². The van der Waals surface area contributed by atoms with Gasteiger partial charge in [0, 0.05) is 11.6 Å². The Morgan fingerprint density at radius 1 is 1.30 bits per heavy atom. The van der Waals surface area contributed by atoms with E-state index in [9.17, 15) is 8.42 Å².